The quantitative estimate of drug-likeness (QED) is 0.879. The van der Waals surface area contributed by atoms with Crippen molar-refractivity contribution in [2.24, 2.45) is 5.41 Å². The van der Waals surface area contributed by atoms with Gasteiger partial charge in [-0.3, -0.25) is 4.79 Å². The molecule has 19 heavy (non-hydrogen) atoms. The fraction of sp³-hybridized carbons (Fsp3) is 0.667. The van der Waals surface area contributed by atoms with E-state index in [1.807, 2.05) is 13.0 Å². The molecule has 1 heterocycles. The second-order valence-corrected chi connectivity index (χ2v) is 6.23. The molecule has 0 saturated carbocycles. The molecule has 1 amide bonds. The van der Waals surface area contributed by atoms with Gasteiger partial charge in [0.1, 0.15) is 11.5 Å². The van der Waals surface area contributed by atoms with Crippen molar-refractivity contribution in [2.75, 3.05) is 6.61 Å². The molecule has 0 radical (unpaired) electrons. The molecule has 1 aromatic rings. The Bertz CT molecular complexity index is 462. The molecule has 0 spiro atoms. The Kier molecular flexibility index (Phi) is 3.99. The van der Waals surface area contributed by atoms with E-state index in [-0.39, 0.29) is 24.0 Å². The molecule has 4 nitrogen and oxygen atoms in total. The van der Waals surface area contributed by atoms with Gasteiger partial charge in [-0.2, -0.15) is 0 Å². The Hall–Kier alpha value is -1.29. The lowest BCUT2D eigenvalue weighted by Gasteiger charge is -2.34. The summed E-state index contributed by atoms with van der Waals surface area (Å²) < 4.78 is 5.74. The highest BCUT2D eigenvalue weighted by molar-refractivity contribution is 5.76. The van der Waals surface area contributed by atoms with Crippen LogP contribution >= 0.6 is 0 Å². The first-order valence-electron chi connectivity index (χ1n) is 6.91. The van der Waals surface area contributed by atoms with Crippen LogP contribution in [0.3, 0.4) is 0 Å². The monoisotopic (exact) mass is 265 g/mol. The van der Waals surface area contributed by atoms with Crippen LogP contribution in [-0.4, -0.2) is 17.6 Å². The van der Waals surface area contributed by atoms with Crippen LogP contribution in [0.4, 0.5) is 0 Å². The average Bonchev–Trinajstić information content (AvgIpc) is 2.65. The van der Waals surface area contributed by atoms with E-state index in [0.29, 0.717) is 12.8 Å². The SMILES string of the molecule is Cc1cc2c(o1)CC(C)(C)CC2NC(=O)CCCO. The third-order valence-electron chi connectivity index (χ3n) is 3.63. The van der Waals surface area contributed by atoms with Gasteiger partial charge < -0.3 is 14.8 Å². The lowest BCUT2D eigenvalue weighted by Crippen LogP contribution is -2.36. The van der Waals surface area contributed by atoms with Crippen molar-refractivity contribution >= 4 is 5.91 Å². The molecule has 0 saturated heterocycles. The van der Waals surface area contributed by atoms with Crippen LogP contribution in [0.15, 0.2) is 10.5 Å². The van der Waals surface area contributed by atoms with Gasteiger partial charge in [0.2, 0.25) is 5.91 Å². The Morgan fingerprint density at radius 3 is 3.00 bits per heavy atom. The number of aryl methyl sites for hydroxylation is 1. The molecule has 0 fully saturated rings. The molecule has 1 aliphatic carbocycles. The number of nitrogens with one attached hydrogen (secondary N) is 1. The maximum atomic E-state index is 11.8. The van der Waals surface area contributed by atoms with E-state index in [1.54, 1.807) is 0 Å². The molecule has 1 atom stereocenters. The number of furan rings is 1. The standard InChI is InChI=1S/C15H23NO3/c1-10-7-11-12(16-14(18)5-4-6-17)8-15(2,3)9-13(11)19-10/h7,12,17H,4-6,8-9H2,1-3H3,(H,16,18). The maximum Gasteiger partial charge on any atom is 0.220 e. The zero-order valence-electron chi connectivity index (χ0n) is 12.0. The fourth-order valence-corrected chi connectivity index (χ4v) is 2.82. The van der Waals surface area contributed by atoms with Gasteiger partial charge >= 0.3 is 0 Å². The number of aliphatic hydroxyl groups is 1. The van der Waals surface area contributed by atoms with Gasteiger partial charge in [0.05, 0.1) is 6.04 Å². The Balaban J connectivity index is 2.13. The van der Waals surface area contributed by atoms with Crippen LogP contribution in [-0.2, 0) is 11.2 Å². The zero-order valence-corrected chi connectivity index (χ0v) is 12.0. The molecule has 0 bridgehead atoms. The molecule has 0 aliphatic heterocycles. The van der Waals surface area contributed by atoms with Crippen LogP contribution in [0, 0.1) is 12.3 Å². The topological polar surface area (TPSA) is 62.5 Å². The molecular weight excluding hydrogens is 242 g/mol. The number of carbonyl (C=O) groups is 1. The first kappa shape index (κ1) is 14.1. The minimum Gasteiger partial charge on any atom is -0.466 e. The number of fused-ring (bicyclic) bond motifs is 1. The van der Waals surface area contributed by atoms with E-state index in [4.69, 9.17) is 9.52 Å². The van der Waals surface area contributed by atoms with Crippen molar-refractivity contribution < 1.29 is 14.3 Å². The third kappa shape index (κ3) is 3.38. The highest BCUT2D eigenvalue weighted by atomic mass is 16.3. The van der Waals surface area contributed by atoms with Crippen molar-refractivity contribution in [3.8, 4) is 0 Å². The van der Waals surface area contributed by atoms with Crippen molar-refractivity contribution in [1.29, 1.82) is 0 Å². The first-order chi connectivity index (χ1) is 8.91. The summed E-state index contributed by atoms with van der Waals surface area (Å²) in [5, 5.41) is 11.8. The van der Waals surface area contributed by atoms with Crippen molar-refractivity contribution in [2.45, 2.75) is 52.5 Å². The number of rotatable bonds is 4. The van der Waals surface area contributed by atoms with Crippen LogP contribution in [0.1, 0.15) is 56.2 Å². The number of hydrogen-bond acceptors (Lipinski definition) is 3. The number of hydrogen-bond donors (Lipinski definition) is 2. The van der Waals surface area contributed by atoms with E-state index >= 15 is 0 Å². The molecular formula is C15H23NO3. The van der Waals surface area contributed by atoms with Crippen LogP contribution in [0.25, 0.3) is 0 Å². The normalized spacial score (nSPS) is 20.9. The molecule has 4 heteroatoms. The molecule has 1 aromatic heterocycles. The summed E-state index contributed by atoms with van der Waals surface area (Å²) in [6, 6.07) is 2.06. The summed E-state index contributed by atoms with van der Waals surface area (Å²) in [6.07, 6.45) is 2.72. The predicted octanol–water partition coefficient (Wildman–Crippen LogP) is 2.49. The first-order valence-corrected chi connectivity index (χ1v) is 6.91. The third-order valence-corrected chi connectivity index (χ3v) is 3.63. The fourth-order valence-electron chi connectivity index (χ4n) is 2.82. The smallest absolute Gasteiger partial charge is 0.220 e. The summed E-state index contributed by atoms with van der Waals surface area (Å²) in [7, 11) is 0. The van der Waals surface area contributed by atoms with Gasteiger partial charge in [-0.25, -0.2) is 0 Å². The number of amides is 1. The Morgan fingerprint density at radius 2 is 2.32 bits per heavy atom. The minimum atomic E-state index is 0.00144. The lowest BCUT2D eigenvalue weighted by atomic mass is 9.74. The van der Waals surface area contributed by atoms with E-state index in [2.05, 4.69) is 19.2 Å². The number of aliphatic hydroxyl groups excluding tert-OH is 1. The van der Waals surface area contributed by atoms with Gasteiger partial charge in [0.15, 0.2) is 0 Å². The van der Waals surface area contributed by atoms with Gasteiger partial charge in [-0.05, 0) is 31.2 Å². The number of carbonyl (C=O) groups excluding carboxylic acids is 1. The van der Waals surface area contributed by atoms with E-state index in [1.165, 1.54) is 0 Å². The largest absolute Gasteiger partial charge is 0.466 e. The Morgan fingerprint density at radius 1 is 1.58 bits per heavy atom. The van der Waals surface area contributed by atoms with Crippen molar-refractivity contribution in [3.63, 3.8) is 0 Å². The van der Waals surface area contributed by atoms with Crippen LogP contribution < -0.4 is 5.32 Å². The zero-order chi connectivity index (χ0) is 14.0. The van der Waals surface area contributed by atoms with Gasteiger partial charge in [0, 0.05) is 25.0 Å². The summed E-state index contributed by atoms with van der Waals surface area (Å²) in [4.78, 5) is 11.8. The van der Waals surface area contributed by atoms with Crippen molar-refractivity contribution in [1.82, 2.24) is 5.32 Å². The second kappa shape index (κ2) is 5.37. The maximum absolute atomic E-state index is 11.8. The van der Waals surface area contributed by atoms with Crippen LogP contribution in [0.5, 0.6) is 0 Å². The predicted molar refractivity (Wildman–Crippen MR) is 72.8 cm³/mol. The summed E-state index contributed by atoms with van der Waals surface area (Å²) in [5.41, 5.74) is 1.25. The van der Waals surface area contributed by atoms with Gasteiger partial charge in [-0.15, -0.1) is 0 Å². The molecule has 1 aliphatic rings. The molecule has 106 valence electrons. The van der Waals surface area contributed by atoms with Crippen molar-refractivity contribution in [3.05, 3.63) is 23.2 Å². The average molecular weight is 265 g/mol. The second-order valence-electron chi connectivity index (χ2n) is 6.23. The highest BCUT2D eigenvalue weighted by Gasteiger charge is 2.35. The minimum absolute atomic E-state index is 0.00144. The lowest BCUT2D eigenvalue weighted by molar-refractivity contribution is -0.122. The summed E-state index contributed by atoms with van der Waals surface area (Å²) in [6.45, 7) is 6.39. The van der Waals surface area contributed by atoms with Crippen LogP contribution in [0.2, 0.25) is 0 Å². The van der Waals surface area contributed by atoms with E-state index < -0.39 is 0 Å². The summed E-state index contributed by atoms with van der Waals surface area (Å²) in [5.74, 6) is 1.90. The van der Waals surface area contributed by atoms with Gasteiger partial charge in [-0.1, -0.05) is 13.8 Å². The molecule has 0 aromatic carbocycles. The van der Waals surface area contributed by atoms with Gasteiger partial charge in [0.25, 0.3) is 0 Å². The van der Waals surface area contributed by atoms with E-state index in [0.717, 1.165) is 29.9 Å². The Labute approximate surface area is 114 Å². The summed E-state index contributed by atoms with van der Waals surface area (Å²) >= 11 is 0. The van der Waals surface area contributed by atoms with E-state index in [9.17, 15) is 4.79 Å². The molecule has 2 rings (SSSR count). The molecule has 2 N–H and O–H groups in total. The molecule has 1 unspecified atom stereocenters. The highest BCUT2D eigenvalue weighted by Crippen LogP contribution is 2.41.